The Morgan fingerprint density at radius 2 is 1.64 bits per heavy atom. The van der Waals surface area contributed by atoms with Crippen LogP contribution in [-0.4, -0.2) is 29.4 Å². The monoisotopic (exact) mass is 456 g/mol. The minimum atomic E-state index is -3.27. The van der Waals surface area contributed by atoms with Gasteiger partial charge in [-0.25, -0.2) is 18.1 Å². The van der Waals surface area contributed by atoms with Crippen LogP contribution in [0.4, 0.5) is 0 Å². The standard InChI is InChI=1S/C26H24N4O2S/c1-33(31,32)22-13-11-20(12-14-22)25-15-23(19-9-7-18(16-27)8-10-19)24-17-28-30(26(24)29-25)21-5-3-2-4-6-21/h7-15,17,21H,2-6H2,1H3. The molecule has 1 aliphatic carbocycles. The van der Waals surface area contributed by atoms with Crippen LogP contribution in [0.2, 0.25) is 0 Å². The second-order valence-electron chi connectivity index (χ2n) is 8.66. The number of aromatic nitrogens is 3. The lowest BCUT2D eigenvalue weighted by Crippen LogP contribution is -2.14. The van der Waals surface area contributed by atoms with Gasteiger partial charge in [0.05, 0.1) is 34.5 Å². The first kappa shape index (κ1) is 21.4. The van der Waals surface area contributed by atoms with Crippen LogP contribution in [0.25, 0.3) is 33.4 Å². The number of sulfone groups is 1. The third-order valence-electron chi connectivity index (χ3n) is 6.39. The smallest absolute Gasteiger partial charge is 0.175 e. The summed E-state index contributed by atoms with van der Waals surface area (Å²) < 4.78 is 25.8. The van der Waals surface area contributed by atoms with Crippen molar-refractivity contribution in [3.05, 3.63) is 66.4 Å². The van der Waals surface area contributed by atoms with Gasteiger partial charge in [0.1, 0.15) is 0 Å². The largest absolute Gasteiger partial charge is 0.244 e. The van der Waals surface area contributed by atoms with Gasteiger partial charge in [-0.1, -0.05) is 43.5 Å². The van der Waals surface area contributed by atoms with Crippen molar-refractivity contribution in [2.24, 2.45) is 0 Å². The van der Waals surface area contributed by atoms with E-state index in [-0.39, 0.29) is 4.90 Å². The number of benzene rings is 2. The summed E-state index contributed by atoms with van der Waals surface area (Å²) in [5, 5.41) is 14.9. The van der Waals surface area contributed by atoms with Gasteiger partial charge in [0.25, 0.3) is 0 Å². The van der Waals surface area contributed by atoms with E-state index in [9.17, 15) is 13.7 Å². The molecule has 1 aliphatic rings. The molecule has 166 valence electrons. The Morgan fingerprint density at radius 3 is 2.27 bits per heavy atom. The fourth-order valence-corrected chi connectivity index (χ4v) is 5.23. The highest BCUT2D eigenvalue weighted by atomic mass is 32.2. The van der Waals surface area contributed by atoms with Crippen LogP contribution < -0.4 is 0 Å². The molecule has 33 heavy (non-hydrogen) atoms. The summed E-state index contributed by atoms with van der Waals surface area (Å²) in [7, 11) is -3.27. The first-order chi connectivity index (χ1) is 15.9. The average Bonchev–Trinajstić information content (AvgIpc) is 3.28. The summed E-state index contributed by atoms with van der Waals surface area (Å²) >= 11 is 0. The minimum absolute atomic E-state index is 0.284. The Bertz CT molecular complexity index is 1460. The van der Waals surface area contributed by atoms with Crippen molar-refractivity contribution < 1.29 is 8.42 Å². The van der Waals surface area contributed by atoms with Crippen LogP contribution >= 0.6 is 0 Å². The zero-order valence-corrected chi connectivity index (χ0v) is 19.2. The maximum Gasteiger partial charge on any atom is 0.175 e. The zero-order valence-electron chi connectivity index (χ0n) is 18.4. The molecule has 6 nitrogen and oxygen atoms in total. The molecular formula is C26H24N4O2S. The highest BCUT2D eigenvalue weighted by molar-refractivity contribution is 7.90. The molecule has 2 heterocycles. The lowest BCUT2D eigenvalue weighted by atomic mass is 9.95. The van der Waals surface area contributed by atoms with Gasteiger partial charge in [0.15, 0.2) is 15.5 Å². The highest BCUT2D eigenvalue weighted by Crippen LogP contribution is 2.36. The average molecular weight is 457 g/mol. The third-order valence-corrected chi connectivity index (χ3v) is 7.52. The van der Waals surface area contributed by atoms with E-state index in [1.54, 1.807) is 24.3 Å². The second kappa shape index (κ2) is 8.45. The van der Waals surface area contributed by atoms with E-state index < -0.39 is 9.84 Å². The van der Waals surface area contributed by atoms with Crippen LogP contribution in [0.5, 0.6) is 0 Å². The van der Waals surface area contributed by atoms with Gasteiger partial charge in [0, 0.05) is 17.2 Å². The van der Waals surface area contributed by atoms with Gasteiger partial charge >= 0.3 is 0 Å². The van der Waals surface area contributed by atoms with Crippen molar-refractivity contribution in [1.82, 2.24) is 14.8 Å². The third kappa shape index (κ3) is 4.14. The molecule has 5 rings (SSSR count). The number of hydrogen-bond acceptors (Lipinski definition) is 5. The van der Waals surface area contributed by atoms with E-state index in [1.807, 2.05) is 36.5 Å². The zero-order chi connectivity index (χ0) is 23.0. The summed E-state index contributed by atoms with van der Waals surface area (Å²) in [6.45, 7) is 0. The molecule has 1 fully saturated rings. The Labute approximate surface area is 193 Å². The van der Waals surface area contributed by atoms with Crippen LogP contribution in [0, 0.1) is 11.3 Å². The number of nitrogens with zero attached hydrogens (tertiary/aromatic N) is 4. The quantitative estimate of drug-likeness (QED) is 0.402. The molecule has 0 N–H and O–H groups in total. The van der Waals surface area contributed by atoms with E-state index >= 15 is 0 Å². The summed E-state index contributed by atoms with van der Waals surface area (Å²) in [6, 6.07) is 18.9. The van der Waals surface area contributed by atoms with Crippen molar-refractivity contribution in [3.8, 4) is 28.5 Å². The summed E-state index contributed by atoms with van der Waals surface area (Å²) in [4.78, 5) is 5.28. The first-order valence-corrected chi connectivity index (χ1v) is 13.0. The van der Waals surface area contributed by atoms with Gasteiger partial charge < -0.3 is 0 Å². The maximum absolute atomic E-state index is 11.9. The van der Waals surface area contributed by atoms with E-state index in [0.717, 1.165) is 46.3 Å². The molecule has 2 aromatic carbocycles. The number of hydrogen-bond donors (Lipinski definition) is 0. The van der Waals surface area contributed by atoms with E-state index in [4.69, 9.17) is 10.1 Å². The predicted molar refractivity (Wildman–Crippen MR) is 128 cm³/mol. The molecular weight excluding hydrogens is 432 g/mol. The molecule has 0 radical (unpaired) electrons. The lowest BCUT2D eigenvalue weighted by molar-refractivity contribution is 0.336. The van der Waals surface area contributed by atoms with Crippen molar-refractivity contribution in [3.63, 3.8) is 0 Å². The highest BCUT2D eigenvalue weighted by Gasteiger charge is 2.21. The van der Waals surface area contributed by atoms with Crippen molar-refractivity contribution >= 4 is 20.9 Å². The molecule has 0 amide bonds. The Kier molecular flexibility index (Phi) is 5.47. The molecule has 1 saturated carbocycles. The van der Waals surface area contributed by atoms with E-state index in [2.05, 4.69) is 10.8 Å². The minimum Gasteiger partial charge on any atom is -0.244 e. The summed E-state index contributed by atoms with van der Waals surface area (Å²) in [6.07, 6.45) is 8.94. The second-order valence-corrected chi connectivity index (χ2v) is 10.7. The van der Waals surface area contributed by atoms with Gasteiger partial charge in [-0.2, -0.15) is 10.4 Å². The normalized spacial score (nSPS) is 14.9. The van der Waals surface area contributed by atoms with E-state index in [1.165, 1.54) is 25.5 Å². The van der Waals surface area contributed by atoms with Crippen molar-refractivity contribution in [2.75, 3.05) is 6.26 Å². The van der Waals surface area contributed by atoms with Crippen LogP contribution in [0.3, 0.4) is 0 Å². The van der Waals surface area contributed by atoms with Crippen LogP contribution in [-0.2, 0) is 9.84 Å². The topological polar surface area (TPSA) is 88.6 Å². The van der Waals surface area contributed by atoms with Crippen LogP contribution in [0.15, 0.2) is 65.7 Å². The van der Waals surface area contributed by atoms with Crippen molar-refractivity contribution in [2.45, 2.75) is 43.0 Å². The Morgan fingerprint density at radius 1 is 0.970 bits per heavy atom. The number of nitriles is 1. The summed E-state index contributed by atoms with van der Waals surface area (Å²) in [5.41, 5.74) is 5.03. The summed E-state index contributed by atoms with van der Waals surface area (Å²) in [5.74, 6) is 0. The molecule has 4 aromatic rings. The molecule has 0 atom stereocenters. The Hall–Kier alpha value is -3.50. The number of pyridine rings is 1. The van der Waals surface area contributed by atoms with Gasteiger partial charge in [-0.05, 0) is 54.3 Å². The molecule has 0 spiro atoms. The van der Waals surface area contributed by atoms with Crippen molar-refractivity contribution in [1.29, 1.82) is 5.26 Å². The molecule has 2 aromatic heterocycles. The number of rotatable bonds is 4. The molecule has 0 unspecified atom stereocenters. The van der Waals surface area contributed by atoms with Gasteiger partial charge in [-0.15, -0.1) is 0 Å². The molecule has 0 saturated heterocycles. The molecule has 7 heteroatoms. The van der Waals surface area contributed by atoms with Gasteiger partial charge in [0.2, 0.25) is 0 Å². The molecule has 0 aliphatic heterocycles. The predicted octanol–water partition coefficient (Wildman–Crippen LogP) is 5.55. The van der Waals surface area contributed by atoms with E-state index in [0.29, 0.717) is 11.6 Å². The SMILES string of the molecule is CS(=O)(=O)c1ccc(-c2cc(-c3ccc(C#N)cc3)c3cnn(C4CCCCC4)c3n2)cc1. The molecule has 0 bridgehead atoms. The van der Waals surface area contributed by atoms with Gasteiger partial charge in [-0.3, -0.25) is 0 Å². The maximum atomic E-state index is 11.9. The lowest BCUT2D eigenvalue weighted by Gasteiger charge is -2.22. The number of fused-ring (bicyclic) bond motifs is 1. The first-order valence-electron chi connectivity index (χ1n) is 11.1. The fraction of sp³-hybridized carbons (Fsp3) is 0.269. The fourth-order valence-electron chi connectivity index (χ4n) is 4.59. The Balaban J connectivity index is 1.69. The van der Waals surface area contributed by atoms with Crippen LogP contribution in [0.1, 0.15) is 43.7 Å².